The Bertz CT molecular complexity index is 382. The van der Waals surface area contributed by atoms with Gasteiger partial charge in [0.05, 0.1) is 12.5 Å². The highest BCUT2D eigenvalue weighted by molar-refractivity contribution is 5.82. The van der Waals surface area contributed by atoms with Crippen molar-refractivity contribution in [3.8, 4) is 0 Å². The molecule has 0 radical (unpaired) electrons. The Balaban J connectivity index is 0.000000277. The van der Waals surface area contributed by atoms with E-state index in [0.29, 0.717) is 23.7 Å². The van der Waals surface area contributed by atoms with Gasteiger partial charge in [0, 0.05) is 11.8 Å². The molecule has 2 fully saturated rings. The molecule has 0 heterocycles. The van der Waals surface area contributed by atoms with Crippen LogP contribution in [0.5, 0.6) is 0 Å². The standard InChI is InChI=1S/C14H24O.C7H14O2/c1-11(2)13(15)12-5-9-14(10-6-12)7-3-4-8-14;1-4-5-9-7(8)6(2)3/h11-12H,3-10H2,1-2H3;6H,4-5H2,1-3H3. The largest absolute Gasteiger partial charge is 0.465 e. The van der Waals surface area contributed by atoms with Crippen LogP contribution in [0, 0.1) is 23.2 Å². The molecule has 0 aliphatic heterocycles. The SMILES string of the molecule is CC(C)C(=O)C1CCC2(CCCC2)CC1.CCCOC(=O)C(C)C. The zero-order valence-corrected chi connectivity index (χ0v) is 16.5. The predicted octanol–water partition coefficient (Wildman–Crippen LogP) is 5.56. The fourth-order valence-electron chi connectivity index (χ4n) is 3.98. The summed E-state index contributed by atoms with van der Waals surface area (Å²) >= 11 is 0. The average molecular weight is 339 g/mol. The summed E-state index contributed by atoms with van der Waals surface area (Å²) in [4.78, 5) is 22.6. The lowest BCUT2D eigenvalue weighted by Crippen LogP contribution is -2.30. The van der Waals surface area contributed by atoms with E-state index in [-0.39, 0.29) is 17.8 Å². The van der Waals surface area contributed by atoms with Gasteiger partial charge >= 0.3 is 5.97 Å². The minimum Gasteiger partial charge on any atom is -0.465 e. The Morgan fingerprint density at radius 3 is 1.92 bits per heavy atom. The van der Waals surface area contributed by atoms with Crippen LogP contribution in [0.4, 0.5) is 0 Å². The predicted molar refractivity (Wildman–Crippen MR) is 98.8 cm³/mol. The molecule has 24 heavy (non-hydrogen) atoms. The Morgan fingerprint density at radius 2 is 1.50 bits per heavy atom. The zero-order valence-electron chi connectivity index (χ0n) is 16.5. The van der Waals surface area contributed by atoms with Gasteiger partial charge in [-0.05, 0) is 50.4 Å². The lowest BCUT2D eigenvalue weighted by atomic mass is 9.68. The van der Waals surface area contributed by atoms with Gasteiger partial charge in [0.15, 0.2) is 0 Å². The van der Waals surface area contributed by atoms with Crippen LogP contribution in [-0.4, -0.2) is 18.4 Å². The molecule has 0 atom stereocenters. The van der Waals surface area contributed by atoms with E-state index in [4.69, 9.17) is 4.74 Å². The van der Waals surface area contributed by atoms with Crippen molar-refractivity contribution in [2.75, 3.05) is 6.61 Å². The Kier molecular flexibility index (Phi) is 9.01. The fraction of sp³-hybridized carbons (Fsp3) is 0.905. The third-order valence-corrected chi connectivity index (χ3v) is 5.60. The molecule has 0 unspecified atom stereocenters. The molecule has 0 bridgehead atoms. The van der Waals surface area contributed by atoms with Crippen molar-refractivity contribution in [2.45, 2.75) is 92.4 Å². The highest BCUT2D eigenvalue weighted by atomic mass is 16.5. The van der Waals surface area contributed by atoms with E-state index in [2.05, 4.69) is 0 Å². The first-order valence-corrected chi connectivity index (χ1v) is 10.0. The van der Waals surface area contributed by atoms with Crippen LogP contribution in [0.1, 0.15) is 92.4 Å². The second kappa shape index (κ2) is 10.2. The number of carbonyl (C=O) groups is 2. The van der Waals surface area contributed by atoms with Crippen LogP contribution in [0.3, 0.4) is 0 Å². The number of esters is 1. The maximum absolute atomic E-state index is 11.9. The maximum atomic E-state index is 11.9. The van der Waals surface area contributed by atoms with Crippen molar-refractivity contribution >= 4 is 11.8 Å². The summed E-state index contributed by atoms with van der Waals surface area (Å²) in [6.07, 6.45) is 11.7. The molecule has 1 spiro atoms. The minimum absolute atomic E-state index is 0.0107. The first kappa shape index (κ1) is 21.2. The van der Waals surface area contributed by atoms with Gasteiger partial charge < -0.3 is 4.74 Å². The summed E-state index contributed by atoms with van der Waals surface area (Å²) in [5.41, 5.74) is 0.674. The van der Waals surface area contributed by atoms with E-state index in [9.17, 15) is 9.59 Å². The van der Waals surface area contributed by atoms with Gasteiger partial charge in [0.1, 0.15) is 5.78 Å². The second-order valence-electron chi connectivity index (χ2n) is 8.36. The molecular weight excluding hydrogens is 300 g/mol. The molecule has 3 nitrogen and oxygen atoms in total. The van der Waals surface area contributed by atoms with Crippen LogP contribution in [0.25, 0.3) is 0 Å². The quantitative estimate of drug-likeness (QED) is 0.617. The zero-order chi connectivity index (χ0) is 18.2. The molecule has 0 aromatic rings. The summed E-state index contributed by atoms with van der Waals surface area (Å²) in [6, 6.07) is 0. The number of hydrogen-bond acceptors (Lipinski definition) is 3. The third-order valence-electron chi connectivity index (χ3n) is 5.60. The van der Waals surface area contributed by atoms with Gasteiger partial charge in [0.2, 0.25) is 0 Å². The number of ketones is 1. The molecule has 2 rings (SSSR count). The number of ether oxygens (including phenoxy) is 1. The van der Waals surface area contributed by atoms with Crippen LogP contribution in [0.2, 0.25) is 0 Å². The van der Waals surface area contributed by atoms with E-state index in [1.54, 1.807) is 0 Å². The summed E-state index contributed by atoms with van der Waals surface area (Å²) < 4.78 is 4.81. The van der Waals surface area contributed by atoms with E-state index in [1.165, 1.54) is 51.4 Å². The maximum Gasteiger partial charge on any atom is 0.308 e. The van der Waals surface area contributed by atoms with Crippen molar-refractivity contribution < 1.29 is 14.3 Å². The van der Waals surface area contributed by atoms with E-state index in [1.807, 2.05) is 34.6 Å². The van der Waals surface area contributed by atoms with E-state index < -0.39 is 0 Å². The Hall–Kier alpha value is -0.860. The third kappa shape index (κ3) is 6.57. The molecule has 0 saturated heterocycles. The first-order chi connectivity index (χ1) is 11.3. The molecule has 140 valence electrons. The van der Waals surface area contributed by atoms with E-state index >= 15 is 0 Å². The molecule has 2 aliphatic carbocycles. The van der Waals surface area contributed by atoms with Crippen molar-refractivity contribution in [2.24, 2.45) is 23.2 Å². The van der Waals surface area contributed by atoms with Gasteiger partial charge in [-0.25, -0.2) is 0 Å². The topological polar surface area (TPSA) is 43.4 Å². The van der Waals surface area contributed by atoms with Gasteiger partial charge in [-0.15, -0.1) is 0 Å². The smallest absolute Gasteiger partial charge is 0.308 e. The lowest BCUT2D eigenvalue weighted by molar-refractivity contribution is -0.147. The minimum atomic E-state index is -0.100. The number of rotatable bonds is 5. The normalized spacial score (nSPS) is 20.1. The molecule has 2 aliphatic rings. The number of hydrogen-bond donors (Lipinski definition) is 0. The van der Waals surface area contributed by atoms with Crippen molar-refractivity contribution in [1.82, 2.24) is 0 Å². The second-order valence-corrected chi connectivity index (χ2v) is 8.36. The van der Waals surface area contributed by atoms with Crippen LogP contribution in [0.15, 0.2) is 0 Å². The van der Waals surface area contributed by atoms with Crippen LogP contribution in [-0.2, 0) is 14.3 Å². The van der Waals surface area contributed by atoms with Crippen LogP contribution < -0.4 is 0 Å². The molecular formula is C21H38O3. The molecule has 2 saturated carbocycles. The van der Waals surface area contributed by atoms with Crippen LogP contribution >= 0.6 is 0 Å². The summed E-state index contributed by atoms with van der Waals surface area (Å²) in [6.45, 7) is 10.3. The van der Waals surface area contributed by atoms with Gasteiger partial charge in [0.25, 0.3) is 0 Å². The summed E-state index contributed by atoms with van der Waals surface area (Å²) in [5, 5.41) is 0. The summed E-state index contributed by atoms with van der Waals surface area (Å²) in [7, 11) is 0. The first-order valence-electron chi connectivity index (χ1n) is 10.0. The van der Waals surface area contributed by atoms with E-state index in [0.717, 1.165) is 6.42 Å². The number of Topliss-reactive ketones (excluding diaryl/α,β-unsaturated/α-hetero) is 1. The van der Waals surface area contributed by atoms with Crippen molar-refractivity contribution in [3.05, 3.63) is 0 Å². The molecule has 0 aromatic carbocycles. The Labute approximate surface area is 148 Å². The molecule has 0 amide bonds. The average Bonchev–Trinajstić information content (AvgIpc) is 3.01. The molecule has 0 N–H and O–H groups in total. The van der Waals surface area contributed by atoms with Crippen molar-refractivity contribution in [1.29, 1.82) is 0 Å². The highest BCUT2D eigenvalue weighted by Crippen LogP contribution is 2.50. The lowest BCUT2D eigenvalue weighted by Gasteiger charge is -2.37. The van der Waals surface area contributed by atoms with Crippen molar-refractivity contribution in [3.63, 3.8) is 0 Å². The molecule has 3 heteroatoms. The van der Waals surface area contributed by atoms with Gasteiger partial charge in [-0.2, -0.15) is 0 Å². The van der Waals surface area contributed by atoms with Gasteiger partial charge in [-0.1, -0.05) is 47.5 Å². The summed E-state index contributed by atoms with van der Waals surface area (Å²) in [5.74, 6) is 1.07. The number of carbonyl (C=O) groups excluding carboxylic acids is 2. The highest BCUT2D eigenvalue weighted by Gasteiger charge is 2.39. The fourth-order valence-corrected chi connectivity index (χ4v) is 3.98. The van der Waals surface area contributed by atoms with Gasteiger partial charge in [-0.3, -0.25) is 9.59 Å². The Morgan fingerprint density at radius 1 is 0.958 bits per heavy atom. The molecule has 0 aromatic heterocycles. The monoisotopic (exact) mass is 338 g/mol.